The summed E-state index contributed by atoms with van der Waals surface area (Å²) >= 11 is 1.56. The number of nitrogens with one attached hydrogen (secondary N) is 1. The van der Waals surface area contributed by atoms with Crippen LogP contribution in [-0.2, 0) is 10.0 Å². The highest BCUT2D eigenvalue weighted by atomic mass is 32.2. The highest BCUT2D eigenvalue weighted by Gasteiger charge is 2.19. The number of hydrogen-bond donors (Lipinski definition) is 1. The molecule has 0 aliphatic heterocycles. The van der Waals surface area contributed by atoms with Crippen LogP contribution in [0.2, 0.25) is 0 Å². The summed E-state index contributed by atoms with van der Waals surface area (Å²) in [6.07, 6.45) is 2.36. The van der Waals surface area contributed by atoms with Gasteiger partial charge >= 0.3 is 0 Å². The lowest BCUT2D eigenvalue weighted by molar-refractivity contribution is 0.109. The normalized spacial score (nSPS) is 13.6. The standard InChI is InChI=1S/C9H13NO4S2/c1-7(15-2)5-10-16(12,13)9-4-3-8(6-11)14-9/h3-4,6-7,10H,5H2,1-2H3. The van der Waals surface area contributed by atoms with E-state index in [0.717, 1.165) is 0 Å². The van der Waals surface area contributed by atoms with E-state index in [0.29, 0.717) is 12.8 Å². The van der Waals surface area contributed by atoms with E-state index in [4.69, 9.17) is 4.42 Å². The van der Waals surface area contributed by atoms with E-state index in [2.05, 4.69) is 4.72 Å². The van der Waals surface area contributed by atoms with Gasteiger partial charge in [0.15, 0.2) is 12.0 Å². The Morgan fingerprint density at radius 2 is 2.25 bits per heavy atom. The van der Waals surface area contributed by atoms with Gasteiger partial charge in [0.05, 0.1) is 0 Å². The summed E-state index contributed by atoms with van der Waals surface area (Å²) in [6, 6.07) is 2.58. The molecule has 0 aliphatic carbocycles. The molecule has 16 heavy (non-hydrogen) atoms. The van der Waals surface area contributed by atoms with Crippen molar-refractivity contribution in [3.63, 3.8) is 0 Å². The Morgan fingerprint density at radius 3 is 2.75 bits per heavy atom. The van der Waals surface area contributed by atoms with E-state index in [-0.39, 0.29) is 16.1 Å². The monoisotopic (exact) mass is 263 g/mol. The number of furan rings is 1. The first kappa shape index (κ1) is 13.3. The van der Waals surface area contributed by atoms with E-state index in [1.54, 1.807) is 11.8 Å². The van der Waals surface area contributed by atoms with Gasteiger partial charge in [-0.2, -0.15) is 11.8 Å². The second-order valence-electron chi connectivity index (χ2n) is 3.17. The van der Waals surface area contributed by atoms with Crippen molar-refractivity contribution in [2.75, 3.05) is 12.8 Å². The van der Waals surface area contributed by atoms with Crippen molar-refractivity contribution in [1.29, 1.82) is 0 Å². The van der Waals surface area contributed by atoms with E-state index >= 15 is 0 Å². The Balaban J connectivity index is 2.74. The third-order valence-corrected chi connectivity index (χ3v) is 4.21. The second-order valence-corrected chi connectivity index (χ2v) is 6.15. The van der Waals surface area contributed by atoms with Crippen LogP contribution >= 0.6 is 11.8 Å². The van der Waals surface area contributed by atoms with Crippen molar-refractivity contribution in [3.05, 3.63) is 17.9 Å². The van der Waals surface area contributed by atoms with Crippen LogP contribution < -0.4 is 4.72 Å². The molecule has 0 amide bonds. The number of aldehydes is 1. The number of sulfonamides is 1. The summed E-state index contributed by atoms with van der Waals surface area (Å²) < 4.78 is 30.5. The molecule has 1 rings (SSSR count). The van der Waals surface area contributed by atoms with E-state index in [1.807, 2.05) is 13.2 Å². The average Bonchev–Trinajstić information content (AvgIpc) is 2.75. The lowest BCUT2D eigenvalue weighted by Gasteiger charge is -2.08. The summed E-state index contributed by atoms with van der Waals surface area (Å²) in [5.74, 6) is -0.00158. The minimum absolute atomic E-state index is 0.00158. The minimum Gasteiger partial charge on any atom is -0.440 e. The summed E-state index contributed by atoms with van der Waals surface area (Å²) in [7, 11) is -3.64. The summed E-state index contributed by atoms with van der Waals surface area (Å²) in [4.78, 5) is 10.3. The van der Waals surface area contributed by atoms with E-state index < -0.39 is 10.0 Å². The molecule has 1 heterocycles. The predicted octanol–water partition coefficient (Wildman–Crippen LogP) is 1.12. The van der Waals surface area contributed by atoms with E-state index in [9.17, 15) is 13.2 Å². The van der Waals surface area contributed by atoms with Gasteiger partial charge in [-0.3, -0.25) is 4.79 Å². The van der Waals surface area contributed by atoms with Gasteiger partial charge in [-0.05, 0) is 18.4 Å². The van der Waals surface area contributed by atoms with Gasteiger partial charge in [-0.15, -0.1) is 0 Å². The van der Waals surface area contributed by atoms with Crippen molar-refractivity contribution in [2.24, 2.45) is 0 Å². The molecular weight excluding hydrogens is 250 g/mol. The van der Waals surface area contributed by atoms with Crippen LogP contribution in [0.1, 0.15) is 17.5 Å². The smallest absolute Gasteiger partial charge is 0.274 e. The Morgan fingerprint density at radius 1 is 1.56 bits per heavy atom. The fourth-order valence-corrected chi connectivity index (χ4v) is 2.34. The van der Waals surface area contributed by atoms with Gasteiger partial charge in [-0.25, -0.2) is 13.1 Å². The molecule has 0 fully saturated rings. The Kier molecular flexibility index (Phi) is 4.57. The molecule has 1 atom stereocenters. The van der Waals surface area contributed by atoms with Gasteiger partial charge in [0.25, 0.3) is 10.0 Å². The fourth-order valence-electron chi connectivity index (χ4n) is 0.924. The minimum atomic E-state index is -3.64. The molecule has 1 aromatic rings. The first-order valence-corrected chi connectivity index (χ1v) is 7.34. The highest BCUT2D eigenvalue weighted by molar-refractivity contribution is 7.99. The maximum atomic E-state index is 11.7. The van der Waals surface area contributed by atoms with Gasteiger partial charge in [0.2, 0.25) is 5.09 Å². The molecule has 5 nitrogen and oxygen atoms in total. The van der Waals surface area contributed by atoms with Crippen LogP contribution in [0, 0.1) is 0 Å². The van der Waals surface area contributed by atoms with Gasteiger partial charge in [0, 0.05) is 11.8 Å². The molecule has 0 spiro atoms. The molecule has 0 aliphatic rings. The van der Waals surface area contributed by atoms with Gasteiger partial charge in [0.1, 0.15) is 0 Å². The number of hydrogen-bond acceptors (Lipinski definition) is 5. The molecule has 1 aromatic heterocycles. The molecular formula is C9H13NO4S2. The lowest BCUT2D eigenvalue weighted by Crippen LogP contribution is -2.29. The first-order chi connectivity index (χ1) is 7.49. The third-order valence-electron chi connectivity index (χ3n) is 1.95. The maximum absolute atomic E-state index is 11.7. The van der Waals surface area contributed by atoms with Crippen LogP contribution in [0.4, 0.5) is 0 Å². The molecule has 0 saturated carbocycles. The zero-order chi connectivity index (χ0) is 12.2. The maximum Gasteiger partial charge on any atom is 0.274 e. The summed E-state index contributed by atoms with van der Waals surface area (Å²) in [5.41, 5.74) is 0. The lowest BCUT2D eigenvalue weighted by atomic mass is 10.5. The first-order valence-electron chi connectivity index (χ1n) is 4.57. The third kappa shape index (κ3) is 3.36. The van der Waals surface area contributed by atoms with Crippen LogP contribution in [0.25, 0.3) is 0 Å². The van der Waals surface area contributed by atoms with Crippen molar-refractivity contribution in [3.8, 4) is 0 Å². The topological polar surface area (TPSA) is 76.4 Å². The Hall–Kier alpha value is -0.790. The SMILES string of the molecule is CSC(C)CNS(=O)(=O)c1ccc(C=O)o1. The van der Waals surface area contributed by atoms with Crippen molar-refractivity contribution in [2.45, 2.75) is 17.3 Å². The van der Waals surface area contributed by atoms with Crippen molar-refractivity contribution >= 4 is 28.1 Å². The number of rotatable bonds is 6. The zero-order valence-corrected chi connectivity index (χ0v) is 10.6. The average molecular weight is 263 g/mol. The second kappa shape index (κ2) is 5.51. The van der Waals surface area contributed by atoms with Crippen molar-refractivity contribution in [1.82, 2.24) is 4.72 Å². The molecule has 1 N–H and O–H groups in total. The summed E-state index contributed by atoms with van der Waals surface area (Å²) in [6.45, 7) is 2.23. The van der Waals surface area contributed by atoms with Crippen molar-refractivity contribution < 1.29 is 17.6 Å². The van der Waals surface area contributed by atoms with Crippen LogP contribution in [0.5, 0.6) is 0 Å². The van der Waals surface area contributed by atoms with E-state index in [1.165, 1.54) is 12.1 Å². The molecule has 0 aromatic carbocycles. The number of carbonyl (C=O) groups is 1. The molecule has 90 valence electrons. The Labute approximate surface area is 98.6 Å². The van der Waals surface area contributed by atoms with Crippen LogP contribution in [0.15, 0.2) is 21.6 Å². The van der Waals surface area contributed by atoms with Gasteiger partial charge < -0.3 is 4.42 Å². The molecule has 1 unspecified atom stereocenters. The molecule has 0 radical (unpaired) electrons. The number of carbonyl (C=O) groups excluding carboxylic acids is 1. The van der Waals surface area contributed by atoms with Gasteiger partial charge in [-0.1, -0.05) is 6.92 Å². The fraction of sp³-hybridized carbons (Fsp3) is 0.444. The summed E-state index contributed by atoms with van der Waals surface area (Å²) in [5, 5.41) is -0.0572. The molecule has 0 bridgehead atoms. The number of thioether (sulfide) groups is 1. The molecule has 0 saturated heterocycles. The quantitative estimate of drug-likeness (QED) is 0.778. The van der Waals surface area contributed by atoms with Crippen LogP contribution in [0.3, 0.4) is 0 Å². The zero-order valence-electron chi connectivity index (χ0n) is 8.97. The molecule has 7 heteroatoms. The highest BCUT2D eigenvalue weighted by Crippen LogP contribution is 2.13. The Bertz CT molecular complexity index is 452. The van der Waals surface area contributed by atoms with Crippen LogP contribution in [-0.4, -0.2) is 32.8 Å². The largest absolute Gasteiger partial charge is 0.440 e. The predicted molar refractivity (Wildman–Crippen MR) is 62.3 cm³/mol.